The van der Waals surface area contributed by atoms with E-state index in [2.05, 4.69) is 56.3 Å². The SMILES string of the molecule is C.Cc1cc(Nc2nc(Cl)ncc2OCc2ccccc2)n[nH]1.Cc1cc(Nc2nc(Nc3cc([N+](=O)[O-])ccc3C)ncc2OCc2ccccc2)n[nH]1.Cc1ccc([N+](=O)[O-])cc1N. The fourth-order valence-corrected chi connectivity index (χ4v) is 5.70. The summed E-state index contributed by atoms with van der Waals surface area (Å²) in [6, 6.07) is 32.3. The van der Waals surface area contributed by atoms with Crippen LogP contribution in [0, 0.1) is 47.9 Å². The van der Waals surface area contributed by atoms with Crippen LogP contribution in [0.3, 0.4) is 0 Å². The maximum Gasteiger partial charge on any atom is 0.271 e. The fraction of sp³-hybridized carbons (Fsp3) is 0.156. The molecule has 0 bridgehead atoms. The predicted molar refractivity (Wildman–Crippen MR) is 254 cm³/mol. The van der Waals surface area contributed by atoms with Crippen LogP contribution in [0.4, 0.5) is 52.0 Å². The average molecular weight is 915 g/mol. The number of anilines is 7. The molecule has 0 atom stereocenters. The molecule has 8 aromatic rings. The highest BCUT2D eigenvalue weighted by Crippen LogP contribution is 2.30. The zero-order valence-electron chi connectivity index (χ0n) is 35.4. The number of hydrogen-bond acceptors (Lipinski definition) is 16. The van der Waals surface area contributed by atoms with Crippen LogP contribution in [0.25, 0.3) is 0 Å². The fourth-order valence-electron chi connectivity index (χ4n) is 5.57. The van der Waals surface area contributed by atoms with Crippen LogP contribution in [0.5, 0.6) is 11.5 Å². The molecular weight excluding hydrogens is 868 g/mol. The van der Waals surface area contributed by atoms with Crippen LogP contribution in [-0.4, -0.2) is 50.2 Å². The van der Waals surface area contributed by atoms with E-state index in [0.717, 1.165) is 33.6 Å². The lowest BCUT2D eigenvalue weighted by Crippen LogP contribution is -2.06. The van der Waals surface area contributed by atoms with E-state index in [9.17, 15) is 20.2 Å². The predicted octanol–water partition coefficient (Wildman–Crippen LogP) is 10.4. The van der Waals surface area contributed by atoms with Crippen molar-refractivity contribution in [3.8, 4) is 11.5 Å². The van der Waals surface area contributed by atoms with Crippen molar-refractivity contribution in [3.63, 3.8) is 0 Å². The molecular formula is C45H47ClN14O6. The largest absolute Gasteiger partial charge is 0.483 e. The van der Waals surface area contributed by atoms with Gasteiger partial charge in [-0.1, -0.05) is 80.2 Å². The second kappa shape index (κ2) is 23.2. The summed E-state index contributed by atoms with van der Waals surface area (Å²) in [5.74, 6) is 3.30. The molecule has 4 heterocycles. The number of rotatable bonds is 14. The molecule has 0 radical (unpaired) electrons. The lowest BCUT2D eigenvalue weighted by atomic mass is 10.2. The third-order valence-electron chi connectivity index (χ3n) is 9.01. The maximum absolute atomic E-state index is 11.1. The summed E-state index contributed by atoms with van der Waals surface area (Å²) in [5, 5.41) is 44.7. The number of nitrogens with one attached hydrogen (secondary N) is 5. The smallest absolute Gasteiger partial charge is 0.271 e. The Morgan fingerprint density at radius 3 is 1.61 bits per heavy atom. The molecule has 0 fully saturated rings. The number of hydrogen-bond donors (Lipinski definition) is 6. The van der Waals surface area contributed by atoms with E-state index in [4.69, 9.17) is 26.8 Å². The van der Waals surface area contributed by atoms with Gasteiger partial charge in [-0.25, -0.2) is 9.97 Å². The normalized spacial score (nSPS) is 10.2. The summed E-state index contributed by atoms with van der Waals surface area (Å²) in [6.45, 7) is 8.21. The summed E-state index contributed by atoms with van der Waals surface area (Å²) in [6.07, 6.45) is 3.09. The van der Waals surface area contributed by atoms with Gasteiger partial charge in [-0.3, -0.25) is 30.4 Å². The van der Waals surface area contributed by atoms with Crippen molar-refractivity contribution in [2.24, 2.45) is 0 Å². The highest BCUT2D eigenvalue weighted by Gasteiger charge is 2.15. The van der Waals surface area contributed by atoms with Crippen LogP contribution in [0.15, 0.2) is 122 Å². The van der Waals surface area contributed by atoms with Crippen molar-refractivity contribution < 1.29 is 19.3 Å². The monoisotopic (exact) mass is 914 g/mol. The Labute approximate surface area is 384 Å². The van der Waals surface area contributed by atoms with E-state index < -0.39 is 9.85 Å². The first kappa shape index (κ1) is 48.4. The molecule has 0 amide bonds. The molecule has 0 saturated carbocycles. The van der Waals surface area contributed by atoms with Gasteiger partial charge in [0.05, 0.1) is 27.9 Å². The quantitative estimate of drug-likeness (QED) is 0.0256. The Hall–Kier alpha value is -8.65. The number of ether oxygens (including phenoxy) is 2. The molecule has 21 heteroatoms. The minimum Gasteiger partial charge on any atom is -0.483 e. The molecule has 7 N–H and O–H groups in total. The summed E-state index contributed by atoms with van der Waals surface area (Å²) in [7, 11) is 0. The number of nitrogens with zero attached hydrogens (tertiary/aromatic N) is 8. The number of non-ortho nitro benzene ring substituents is 2. The van der Waals surface area contributed by atoms with Gasteiger partial charge < -0.3 is 31.2 Å². The number of nitrogen functional groups attached to an aromatic ring is 1. The molecule has 4 aromatic carbocycles. The Bertz CT molecular complexity index is 2860. The number of H-pyrrole nitrogens is 2. The highest BCUT2D eigenvalue weighted by molar-refractivity contribution is 6.28. The summed E-state index contributed by atoms with van der Waals surface area (Å²) in [5.41, 5.74) is 12.0. The van der Waals surface area contributed by atoms with Crippen molar-refractivity contribution in [2.45, 2.75) is 48.3 Å². The van der Waals surface area contributed by atoms with E-state index in [1.165, 1.54) is 24.3 Å². The standard InChI is InChI=1S/C22H21N7O3.C15H14ClN5O.C7H8N2O2.CH4/c1-14-8-9-17(29(30)31)11-18(14)24-22-23-12-19(32-13-16-6-4-3-5-7-16)21(26-22)25-20-10-15(2)27-28-20;1-10-7-13(21-20-10)18-14-12(8-17-15(16)19-14)22-9-11-5-3-2-4-6-11;1-5-2-3-6(9(10)11)4-7(5)8;/h3-12H,13H2,1-2H3,(H3,23,24,25,26,27,28);2-8H,9H2,1H3,(H2,17,18,19,20,21);2-4H,8H2,1H3;1H4. The van der Waals surface area contributed by atoms with Gasteiger partial charge in [0.15, 0.2) is 34.8 Å². The molecule has 0 saturated heterocycles. The Morgan fingerprint density at radius 1 is 0.636 bits per heavy atom. The lowest BCUT2D eigenvalue weighted by molar-refractivity contribution is -0.385. The van der Waals surface area contributed by atoms with Gasteiger partial charge in [-0.2, -0.15) is 20.2 Å². The van der Waals surface area contributed by atoms with Crippen molar-refractivity contribution in [3.05, 3.63) is 181 Å². The highest BCUT2D eigenvalue weighted by atomic mass is 35.5. The number of nitro groups is 2. The Balaban J connectivity index is 0.000000207. The second-order valence-corrected chi connectivity index (χ2v) is 14.4. The minimum atomic E-state index is -0.462. The molecule has 8 rings (SSSR count). The molecule has 0 aliphatic carbocycles. The first-order chi connectivity index (χ1) is 31.3. The van der Waals surface area contributed by atoms with E-state index in [1.54, 1.807) is 31.5 Å². The van der Waals surface area contributed by atoms with E-state index in [-0.39, 0.29) is 30.0 Å². The number of aromatic amines is 2. The molecule has 0 aliphatic heterocycles. The van der Waals surface area contributed by atoms with Gasteiger partial charge in [-0.15, -0.1) is 0 Å². The number of aryl methyl sites for hydroxylation is 4. The molecule has 0 aliphatic rings. The summed E-state index contributed by atoms with van der Waals surface area (Å²) >= 11 is 5.86. The maximum atomic E-state index is 11.1. The molecule has 20 nitrogen and oxygen atoms in total. The van der Waals surface area contributed by atoms with Crippen LogP contribution < -0.4 is 31.2 Å². The van der Waals surface area contributed by atoms with Gasteiger partial charge in [0.2, 0.25) is 11.2 Å². The van der Waals surface area contributed by atoms with Gasteiger partial charge >= 0.3 is 0 Å². The van der Waals surface area contributed by atoms with Crippen molar-refractivity contribution >= 4 is 63.6 Å². The summed E-state index contributed by atoms with van der Waals surface area (Å²) < 4.78 is 11.7. The third kappa shape index (κ3) is 14.2. The molecule has 0 spiro atoms. The van der Waals surface area contributed by atoms with Crippen LogP contribution in [0.2, 0.25) is 5.28 Å². The Kier molecular flexibility index (Phi) is 17.0. The lowest BCUT2D eigenvalue weighted by Gasteiger charge is -2.13. The van der Waals surface area contributed by atoms with Crippen LogP contribution in [0.1, 0.15) is 41.1 Å². The number of nitrogens with two attached hydrogens (primary N) is 1. The number of benzene rings is 4. The number of aromatic nitrogens is 8. The molecule has 4 aromatic heterocycles. The zero-order valence-corrected chi connectivity index (χ0v) is 36.2. The van der Waals surface area contributed by atoms with E-state index >= 15 is 0 Å². The van der Waals surface area contributed by atoms with Crippen LogP contribution in [-0.2, 0) is 13.2 Å². The van der Waals surface area contributed by atoms with Crippen molar-refractivity contribution in [2.75, 3.05) is 21.7 Å². The molecule has 0 unspecified atom stereocenters. The Morgan fingerprint density at radius 2 is 1.12 bits per heavy atom. The first-order valence-corrected chi connectivity index (χ1v) is 20.0. The zero-order chi connectivity index (χ0) is 46.3. The number of nitro benzene ring substituents is 2. The number of halogens is 1. The van der Waals surface area contributed by atoms with Gasteiger partial charge in [0.1, 0.15) is 13.2 Å². The van der Waals surface area contributed by atoms with Gasteiger partial charge in [0.25, 0.3) is 11.4 Å². The van der Waals surface area contributed by atoms with E-state index in [1.807, 2.05) is 93.6 Å². The van der Waals surface area contributed by atoms with Crippen LogP contribution >= 0.6 is 11.6 Å². The molecule has 66 heavy (non-hydrogen) atoms. The topological polar surface area (TPSA) is 276 Å². The average Bonchev–Trinajstić information content (AvgIpc) is 3.91. The van der Waals surface area contributed by atoms with E-state index in [0.29, 0.717) is 59.4 Å². The van der Waals surface area contributed by atoms with Gasteiger partial charge in [0, 0.05) is 53.5 Å². The third-order valence-corrected chi connectivity index (χ3v) is 9.19. The second-order valence-electron chi connectivity index (χ2n) is 14.1. The van der Waals surface area contributed by atoms with Crippen molar-refractivity contribution in [1.29, 1.82) is 0 Å². The minimum absolute atomic E-state index is 0. The van der Waals surface area contributed by atoms with Gasteiger partial charge in [-0.05, 0) is 61.5 Å². The molecule has 340 valence electrons. The first-order valence-electron chi connectivity index (χ1n) is 19.6. The summed E-state index contributed by atoms with van der Waals surface area (Å²) in [4.78, 5) is 37.4. The van der Waals surface area contributed by atoms with Crippen molar-refractivity contribution in [1.82, 2.24) is 40.3 Å².